The normalized spacial score (nSPS) is 10.8. The highest BCUT2D eigenvalue weighted by Crippen LogP contribution is 2.23. The Bertz CT molecular complexity index is 649. The highest BCUT2D eigenvalue weighted by molar-refractivity contribution is 7.13. The van der Waals surface area contributed by atoms with Crippen molar-refractivity contribution in [3.8, 4) is 5.75 Å². The quantitative estimate of drug-likeness (QED) is 0.744. The van der Waals surface area contributed by atoms with Crippen LogP contribution in [0.15, 0.2) is 24.3 Å². The standard InChI is InChI=1S/C17H21NO3S/c1-5-20-17(19)16-12(4)18-15(22-16)10-21-14-8-6-7-13(9-14)11(2)3/h6-9,11H,5,10H2,1-4H3. The van der Waals surface area contributed by atoms with Crippen molar-refractivity contribution in [1.29, 1.82) is 0 Å². The molecule has 4 nitrogen and oxygen atoms in total. The third kappa shape index (κ3) is 4.07. The number of aromatic nitrogens is 1. The number of nitrogens with zero attached hydrogens (tertiary/aromatic N) is 1. The van der Waals surface area contributed by atoms with E-state index in [0.717, 1.165) is 10.8 Å². The molecule has 0 spiro atoms. The third-order valence-corrected chi connectivity index (χ3v) is 4.30. The van der Waals surface area contributed by atoms with Crippen molar-refractivity contribution in [2.45, 2.75) is 40.2 Å². The molecular formula is C17H21NO3S. The topological polar surface area (TPSA) is 48.4 Å². The van der Waals surface area contributed by atoms with Crippen molar-refractivity contribution in [3.63, 3.8) is 0 Å². The molecule has 0 bridgehead atoms. The van der Waals surface area contributed by atoms with E-state index in [0.29, 0.717) is 29.7 Å². The van der Waals surface area contributed by atoms with Gasteiger partial charge in [-0.1, -0.05) is 26.0 Å². The number of hydrogen-bond acceptors (Lipinski definition) is 5. The van der Waals surface area contributed by atoms with Crippen LogP contribution in [0.25, 0.3) is 0 Å². The van der Waals surface area contributed by atoms with Gasteiger partial charge in [0.15, 0.2) is 0 Å². The summed E-state index contributed by atoms with van der Waals surface area (Å²) < 4.78 is 10.8. The van der Waals surface area contributed by atoms with Crippen LogP contribution in [0.3, 0.4) is 0 Å². The third-order valence-electron chi connectivity index (χ3n) is 3.19. The second kappa shape index (κ2) is 7.40. The van der Waals surface area contributed by atoms with E-state index in [1.807, 2.05) is 25.1 Å². The zero-order valence-corrected chi connectivity index (χ0v) is 14.2. The minimum atomic E-state index is -0.314. The summed E-state index contributed by atoms with van der Waals surface area (Å²) in [6.45, 7) is 8.62. The number of ether oxygens (including phenoxy) is 2. The molecule has 0 radical (unpaired) electrons. The fourth-order valence-electron chi connectivity index (χ4n) is 2.01. The lowest BCUT2D eigenvalue weighted by molar-refractivity contribution is 0.0531. The lowest BCUT2D eigenvalue weighted by Gasteiger charge is -2.08. The molecule has 0 saturated carbocycles. The van der Waals surface area contributed by atoms with Gasteiger partial charge in [0.05, 0.1) is 12.3 Å². The van der Waals surface area contributed by atoms with Gasteiger partial charge in [0.25, 0.3) is 0 Å². The second-order valence-electron chi connectivity index (χ2n) is 5.26. The van der Waals surface area contributed by atoms with Crippen molar-refractivity contribution in [2.75, 3.05) is 6.61 Å². The van der Waals surface area contributed by atoms with E-state index in [9.17, 15) is 4.79 Å². The largest absolute Gasteiger partial charge is 0.486 e. The van der Waals surface area contributed by atoms with Crippen LogP contribution >= 0.6 is 11.3 Å². The van der Waals surface area contributed by atoms with Gasteiger partial charge in [-0.2, -0.15) is 0 Å². The molecule has 0 aliphatic rings. The van der Waals surface area contributed by atoms with Crippen LogP contribution in [-0.4, -0.2) is 17.6 Å². The Balaban J connectivity index is 2.04. The van der Waals surface area contributed by atoms with Gasteiger partial charge in [0.2, 0.25) is 0 Å². The molecule has 5 heteroatoms. The molecule has 1 aromatic heterocycles. The van der Waals surface area contributed by atoms with Crippen LogP contribution in [0.4, 0.5) is 0 Å². The molecule has 0 unspecified atom stereocenters. The van der Waals surface area contributed by atoms with E-state index < -0.39 is 0 Å². The maximum absolute atomic E-state index is 11.8. The molecule has 1 heterocycles. The lowest BCUT2D eigenvalue weighted by Crippen LogP contribution is -2.03. The molecule has 0 fully saturated rings. The van der Waals surface area contributed by atoms with Gasteiger partial charge in [0, 0.05) is 0 Å². The Kier molecular flexibility index (Phi) is 5.55. The smallest absolute Gasteiger partial charge is 0.350 e. The van der Waals surface area contributed by atoms with Gasteiger partial charge in [0.1, 0.15) is 22.2 Å². The SMILES string of the molecule is CCOC(=O)c1sc(COc2cccc(C(C)C)c2)nc1C. The molecule has 22 heavy (non-hydrogen) atoms. The zero-order chi connectivity index (χ0) is 16.1. The van der Waals surface area contributed by atoms with E-state index in [1.54, 1.807) is 6.92 Å². The summed E-state index contributed by atoms with van der Waals surface area (Å²) in [5, 5.41) is 0.774. The molecule has 0 atom stereocenters. The number of esters is 1. The van der Waals surface area contributed by atoms with E-state index in [4.69, 9.17) is 9.47 Å². The molecular weight excluding hydrogens is 298 g/mol. The first-order valence-electron chi connectivity index (χ1n) is 7.37. The fourth-order valence-corrected chi connectivity index (χ4v) is 2.88. The van der Waals surface area contributed by atoms with Crippen molar-refractivity contribution < 1.29 is 14.3 Å². The Morgan fingerprint density at radius 2 is 2.14 bits per heavy atom. The summed E-state index contributed by atoms with van der Waals surface area (Å²) in [6, 6.07) is 8.04. The summed E-state index contributed by atoms with van der Waals surface area (Å²) in [5.74, 6) is 0.961. The van der Waals surface area contributed by atoms with Crippen LogP contribution in [0, 0.1) is 6.92 Å². The number of benzene rings is 1. The van der Waals surface area contributed by atoms with E-state index >= 15 is 0 Å². The molecule has 0 amide bonds. The van der Waals surface area contributed by atoms with Crippen molar-refractivity contribution in [1.82, 2.24) is 4.98 Å². The van der Waals surface area contributed by atoms with E-state index in [-0.39, 0.29) is 5.97 Å². The molecule has 2 rings (SSSR count). The maximum Gasteiger partial charge on any atom is 0.350 e. The van der Waals surface area contributed by atoms with Crippen molar-refractivity contribution >= 4 is 17.3 Å². The number of thiazole rings is 1. The van der Waals surface area contributed by atoms with Gasteiger partial charge in [-0.15, -0.1) is 11.3 Å². The predicted molar refractivity (Wildman–Crippen MR) is 87.7 cm³/mol. The Morgan fingerprint density at radius 3 is 2.82 bits per heavy atom. The van der Waals surface area contributed by atoms with Gasteiger partial charge in [-0.3, -0.25) is 0 Å². The van der Waals surface area contributed by atoms with Crippen molar-refractivity contribution in [3.05, 3.63) is 45.4 Å². The number of hydrogen-bond donors (Lipinski definition) is 0. The summed E-state index contributed by atoms with van der Waals surface area (Å²) in [4.78, 5) is 16.7. The predicted octanol–water partition coefficient (Wildman–Crippen LogP) is 4.33. The first-order valence-corrected chi connectivity index (χ1v) is 8.19. The summed E-state index contributed by atoms with van der Waals surface area (Å²) in [7, 11) is 0. The Labute approximate surface area is 135 Å². The number of carbonyl (C=O) groups excluding carboxylic acids is 1. The summed E-state index contributed by atoms with van der Waals surface area (Å²) in [6.07, 6.45) is 0. The maximum atomic E-state index is 11.8. The number of rotatable bonds is 6. The monoisotopic (exact) mass is 319 g/mol. The molecule has 118 valence electrons. The minimum Gasteiger partial charge on any atom is -0.486 e. The van der Waals surface area contributed by atoms with E-state index in [1.165, 1.54) is 16.9 Å². The molecule has 0 aliphatic carbocycles. The zero-order valence-electron chi connectivity index (χ0n) is 13.4. The lowest BCUT2D eigenvalue weighted by atomic mass is 10.0. The molecule has 0 aliphatic heterocycles. The number of carbonyl (C=O) groups is 1. The molecule has 0 saturated heterocycles. The summed E-state index contributed by atoms with van der Waals surface area (Å²) >= 11 is 1.33. The van der Waals surface area contributed by atoms with Gasteiger partial charge >= 0.3 is 5.97 Å². The highest BCUT2D eigenvalue weighted by Gasteiger charge is 2.16. The first kappa shape index (κ1) is 16.5. The average molecular weight is 319 g/mol. The fraction of sp³-hybridized carbons (Fsp3) is 0.412. The number of aryl methyl sites for hydroxylation is 1. The molecule has 2 aromatic rings. The van der Waals surface area contributed by atoms with E-state index in [2.05, 4.69) is 24.9 Å². The minimum absolute atomic E-state index is 0.314. The van der Waals surface area contributed by atoms with Crippen LogP contribution in [0.1, 0.15) is 52.6 Å². The first-order chi connectivity index (χ1) is 10.5. The van der Waals surface area contributed by atoms with Crippen molar-refractivity contribution in [2.24, 2.45) is 0 Å². The van der Waals surface area contributed by atoms with Crippen LogP contribution in [0.2, 0.25) is 0 Å². The Morgan fingerprint density at radius 1 is 1.36 bits per heavy atom. The second-order valence-corrected chi connectivity index (χ2v) is 6.34. The van der Waals surface area contributed by atoms with Gasteiger partial charge in [-0.25, -0.2) is 9.78 Å². The average Bonchev–Trinajstić information content (AvgIpc) is 2.87. The van der Waals surface area contributed by atoms with Crippen LogP contribution in [0.5, 0.6) is 5.75 Å². The highest BCUT2D eigenvalue weighted by atomic mass is 32.1. The van der Waals surface area contributed by atoms with Crippen LogP contribution < -0.4 is 4.74 Å². The Hall–Kier alpha value is -1.88. The van der Waals surface area contributed by atoms with Crippen LogP contribution in [-0.2, 0) is 11.3 Å². The van der Waals surface area contributed by atoms with Gasteiger partial charge in [-0.05, 0) is 37.5 Å². The molecule has 1 aromatic carbocycles. The van der Waals surface area contributed by atoms with Gasteiger partial charge < -0.3 is 9.47 Å². The molecule has 0 N–H and O–H groups in total. The summed E-state index contributed by atoms with van der Waals surface area (Å²) in [5.41, 5.74) is 1.93.